The van der Waals surface area contributed by atoms with E-state index in [1.807, 2.05) is 31.2 Å². The Morgan fingerprint density at radius 3 is 2.89 bits per heavy atom. The van der Waals surface area contributed by atoms with Gasteiger partial charge in [-0.25, -0.2) is 4.39 Å². The highest BCUT2D eigenvalue weighted by molar-refractivity contribution is 6.15. The molecule has 0 amide bonds. The van der Waals surface area contributed by atoms with E-state index in [9.17, 15) is 9.90 Å². The van der Waals surface area contributed by atoms with Gasteiger partial charge in [-0.05, 0) is 19.4 Å². The first-order valence-electron chi connectivity index (χ1n) is 8.98. The van der Waals surface area contributed by atoms with Crippen LogP contribution in [0.2, 0.25) is 0 Å². The number of ketones is 1. The van der Waals surface area contributed by atoms with E-state index in [1.54, 1.807) is 13.3 Å². The summed E-state index contributed by atoms with van der Waals surface area (Å²) in [5.41, 5.74) is 3.31. The van der Waals surface area contributed by atoms with E-state index in [0.29, 0.717) is 17.8 Å². The molecule has 1 unspecified atom stereocenters. The largest absolute Gasteiger partial charge is 0.504 e. The van der Waals surface area contributed by atoms with Crippen molar-refractivity contribution in [3.8, 4) is 0 Å². The van der Waals surface area contributed by atoms with E-state index >= 15 is 4.39 Å². The number of aliphatic imine (C=N–C) groups is 2. The summed E-state index contributed by atoms with van der Waals surface area (Å²) in [7, 11) is 1.70. The highest BCUT2D eigenvalue weighted by Crippen LogP contribution is 2.46. The molecule has 0 saturated carbocycles. The summed E-state index contributed by atoms with van der Waals surface area (Å²) in [6, 6.07) is 5.26. The molecule has 1 aliphatic carbocycles. The quantitative estimate of drug-likeness (QED) is 0.792. The van der Waals surface area contributed by atoms with Gasteiger partial charge >= 0.3 is 0 Å². The van der Waals surface area contributed by atoms with Crippen molar-refractivity contribution in [1.82, 2.24) is 0 Å². The van der Waals surface area contributed by atoms with Crippen LogP contribution in [-0.2, 0) is 11.2 Å². The molecule has 0 radical (unpaired) electrons. The number of para-hydroxylation sites is 1. The van der Waals surface area contributed by atoms with Crippen LogP contribution < -0.4 is 0 Å². The summed E-state index contributed by atoms with van der Waals surface area (Å²) in [5.74, 6) is -1.61. The van der Waals surface area contributed by atoms with E-state index in [1.165, 1.54) is 13.1 Å². The highest BCUT2D eigenvalue weighted by atomic mass is 19.1. The third kappa shape index (κ3) is 2.56. The van der Waals surface area contributed by atoms with E-state index in [2.05, 4.69) is 9.98 Å². The van der Waals surface area contributed by atoms with Gasteiger partial charge in [0.1, 0.15) is 11.3 Å². The van der Waals surface area contributed by atoms with Gasteiger partial charge in [0.2, 0.25) is 0 Å². The average molecular weight is 378 g/mol. The molecule has 4 rings (SSSR count). The third-order valence-corrected chi connectivity index (χ3v) is 5.15. The minimum absolute atomic E-state index is 0.131. The maximum atomic E-state index is 15.1. The van der Waals surface area contributed by atoms with Gasteiger partial charge in [0.15, 0.2) is 17.4 Å². The van der Waals surface area contributed by atoms with E-state index in [4.69, 9.17) is 4.42 Å². The third-order valence-electron chi connectivity index (χ3n) is 5.15. The monoisotopic (exact) mass is 378 g/mol. The predicted octanol–water partition coefficient (Wildman–Crippen LogP) is 4.63. The van der Waals surface area contributed by atoms with Crippen LogP contribution in [0.15, 0.2) is 55.8 Å². The molecular formula is C22H19FN2O3. The molecule has 1 aromatic heterocycles. The van der Waals surface area contributed by atoms with Crippen molar-refractivity contribution < 1.29 is 18.7 Å². The fourth-order valence-corrected chi connectivity index (χ4v) is 3.81. The zero-order chi connectivity index (χ0) is 20.0. The lowest BCUT2D eigenvalue weighted by atomic mass is 10.0. The molecule has 0 saturated heterocycles. The summed E-state index contributed by atoms with van der Waals surface area (Å²) < 4.78 is 21.2. The number of Topliss-reactive ketones (excluding diaryl/α,β-unsaturated/α-hetero) is 1. The Kier molecular flexibility index (Phi) is 4.34. The van der Waals surface area contributed by atoms with Gasteiger partial charge in [0.05, 0.1) is 17.2 Å². The van der Waals surface area contributed by atoms with Crippen LogP contribution in [-0.4, -0.2) is 36.4 Å². The zero-order valence-electron chi connectivity index (χ0n) is 15.8. The van der Waals surface area contributed by atoms with Crippen LogP contribution in [0.4, 0.5) is 4.39 Å². The molecule has 0 spiro atoms. The molecule has 6 heteroatoms. The summed E-state index contributed by atoms with van der Waals surface area (Å²) in [6.07, 6.45) is 5.37. The number of rotatable bonds is 3. The van der Waals surface area contributed by atoms with Crippen LogP contribution in [0, 0.1) is 0 Å². The second-order valence-electron chi connectivity index (χ2n) is 6.77. The lowest BCUT2D eigenvalue weighted by Crippen LogP contribution is -2.04. The number of nitrogens with zero attached hydrogens (tertiary/aromatic N) is 2. The van der Waals surface area contributed by atoms with Crippen LogP contribution in [0.5, 0.6) is 0 Å². The molecule has 1 aliphatic heterocycles. The Morgan fingerprint density at radius 1 is 1.43 bits per heavy atom. The number of benzene rings is 1. The number of furan rings is 1. The fourth-order valence-electron chi connectivity index (χ4n) is 3.81. The molecule has 2 aliphatic rings. The number of hydrogen-bond donors (Lipinski definition) is 1. The predicted molar refractivity (Wildman–Crippen MR) is 109 cm³/mol. The highest BCUT2D eigenvalue weighted by Gasteiger charge is 2.38. The molecule has 1 N–H and O–H groups in total. The Morgan fingerprint density at radius 2 is 2.21 bits per heavy atom. The molecule has 0 fully saturated rings. The molecule has 142 valence electrons. The van der Waals surface area contributed by atoms with Crippen LogP contribution in [0.1, 0.15) is 30.7 Å². The average Bonchev–Trinajstić information content (AvgIpc) is 3.17. The van der Waals surface area contributed by atoms with E-state index in [-0.39, 0.29) is 11.1 Å². The van der Waals surface area contributed by atoms with Crippen molar-refractivity contribution in [1.29, 1.82) is 0 Å². The normalized spacial score (nSPS) is 19.6. The van der Waals surface area contributed by atoms with Crippen LogP contribution in [0.3, 0.4) is 0 Å². The van der Waals surface area contributed by atoms with Crippen LogP contribution in [0.25, 0.3) is 22.1 Å². The summed E-state index contributed by atoms with van der Waals surface area (Å²) in [6.45, 7) is 3.18. The smallest absolute Gasteiger partial charge is 0.174 e. The number of hydrogen-bond acceptors (Lipinski definition) is 5. The lowest BCUT2D eigenvalue weighted by molar-refractivity contribution is -0.113. The van der Waals surface area contributed by atoms with Crippen molar-refractivity contribution in [3.05, 3.63) is 58.3 Å². The molecular weight excluding hydrogens is 359 g/mol. The van der Waals surface area contributed by atoms with Gasteiger partial charge in [0.25, 0.3) is 0 Å². The fraction of sp³-hybridized carbons (Fsp3) is 0.227. The molecule has 0 bridgehead atoms. The van der Waals surface area contributed by atoms with Gasteiger partial charge in [-0.3, -0.25) is 14.8 Å². The maximum Gasteiger partial charge on any atom is 0.174 e. The van der Waals surface area contributed by atoms with Gasteiger partial charge in [-0.2, -0.15) is 0 Å². The summed E-state index contributed by atoms with van der Waals surface area (Å²) in [5, 5.41) is 11.1. The van der Waals surface area contributed by atoms with Crippen molar-refractivity contribution in [2.45, 2.75) is 26.3 Å². The van der Waals surface area contributed by atoms with Crippen LogP contribution >= 0.6 is 0 Å². The van der Waals surface area contributed by atoms with Gasteiger partial charge in [0, 0.05) is 42.4 Å². The van der Waals surface area contributed by atoms with E-state index in [0.717, 1.165) is 22.1 Å². The maximum absolute atomic E-state index is 15.1. The second-order valence-corrected chi connectivity index (χ2v) is 6.77. The molecule has 5 nitrogen and oxygen atoms in total. The number of fused-ring (bicyclic) bond motifs is 5. The minimum atomic E-state index is -0.853. The van der Waals surface area contributed by atoms with E-state index < -0.39 is 23.4 Å². The molecule has 2 heterocycles. The minimum Gasteiger partial charge on any atom is -0.504 e. The van der Waals surface area contributed by atoms with Crippen molar-refractivity contribution in [3.63, 3.8) is 0 Å². The second kappa shape index (κ2) is 6.71. The molecule has 1 atom stereocenters. The Bertz CT molecular complexity index is 1160. The van der Waals surface area contributed by atoms with Gasteiger partial charge < -0.3 is 9.52 Å². The molecule has 28 heavy (non-hydrogen) atoms. The first-order chi connectivity index (χ1) is 13.5. The lowest BCUT2D eigenvalue weighted by Gasteiger charge is -2.08. The van der Waals surface area contributed by atoms with Gasteiger partial charge in [-0.15, -0.1) is 0 Å². The standard InChI is InChI=1S/C22H19FN2O3/c1-4-12(9-24-3)13-6-5-7-14-15-8-17-18(22(15)28-21(13)14)19(23)20(27)16(10-25-17)11(2)26/h4-7,9-10,17,27H,8H2,1-3H3/b12-4+,24-9?. The molecule has 2 aromatic rings. The Balaban J connectivity index is 1.97. The number of carbonyl (C=O) groups is 1. The van der Waals surface area contributed by atoms with Crippen molar-refractivity contribution in [2.24, 2.45) is 9.98 Å². The van der Waals surface area contributed by atoms with Gasteiger partial charge in [-0.1, -0.05) is 24.3 Å². The SMILES string of the molecule is C/C=C(\C=NC)c1cccc2c3c(oc12)C1=C(F)C(O)=C(C(C)=O)C=NC1C3. The number of aliphatic hydroxyl groups is 1. The number of carbonyl (C=O) groups excluding carboxylic acids is 1. The zero-order valence-corrected chi connectivity index (χ0v) is 15.8. The molecule has 1 aromatic carbocycles. The topological polar surface area (TPSA) is 75.2 Å². The number of halogens is 1. The van der Waals surface area contributed by atoms with Crippen molar-refractivity contribution >= 4 is 40.3 Å². The number of allylic oxidation sites excluding steroid dienone is 4. The Labute approximate surface area is 161 Å². The number of aliphatic hydroxyl groups excluding tert-OH is 1. The van der Waals surface area contributed by atoms with Crippen molar-refractivity contribution in [2.75, 3.05) is 7.05 Å². The Hall–Kier alpha value is -3.28. The first kappa shape index (κ1) is 18.1. The first-order valence-corrected chi connectivity index (χ1v) is 8.98. The summed E-state index contributed by atoms with van der Waals surface area (Å²) in [4.78, 5) is 20.1. The summed E-state index contributed by atoms with van der Waals surface area (Å²) >= 11 is 0.